The number of hydrogen-bond acceptors (Lipinski definition) is 4. The number of carbonyl (C=O) groups excluding carboxylic acids is 1. The van der Waals surface area contributed by atoms with Crippen molar-refractivity contribution in [3.63, 3.8) is 0 Å². The van der Waals surface area contributed by atoms with Crippen LogP contribution >= 0.6 is 23.1 Å². The number of benzene rings is 2. The van der Waals surface area contributed by atoms with Crippen LogP contribution < -0.4 is 15.6 Å². The zero-order chi connectivity index (χ0) is 17.1. The molecule has 124 valence electrons. The number of nitrogens with one attached hydrogen (secondary N) is 1. The van der Waals surface area contributed by atoms with Crippen molar-refractivity contribution in [1.82, 2.24) is 3.96 Å². The Morgan fingerprint density at radius 1 is 1.29 bits per heavy atom. The van der Waals surface area contributed by atoms with Gasteiger partial charge < -0.3 is 10.1 Å². The standard InChI is InChI=1S/C17H15ClN2O3S/c1-23-14-7-6-11(10-13(14)18)19-16(21)8-9-20-17(22)12-4-2-3-5-15(12)24-20/h2-7,10H,8-9H2,1H3,(H,19,21). The second kappa shape index (κ2) is 7.07. The van der Waals surface area contributed by atoms with Gasteiger partial charge >= 0.3 is 0 Å². The Bertz CT molecular complexity index is 948. The lowest BCUT2D eigenvalue weighted by Crippen LogP contribution is -2.18. The summed E-state index contributed by atoms with van der Waals surface area (Å²) in [5.74, 6) is 0.368. The molecule has 0 atom stereocenters. The Morgan fingerprint density at radius 3 is 2.79 bits per heavy atom. The minimum atomic E-state index is -0.180. The minimum absolute atomic E-state index is 0.0594. The molecule has 0 spiro atoms. The third kappa shape index (κ3) is 3.44. The van der Waals surface area contributed by atoms with Crippen LogP contribution in [0.25, 0.3) is 10.1 Å². The van der Waals surface area contributed by atoms with Crippen LogP contribution in [0.15, 0.2) is 47.3 Å². The molecule has 7 heteroatoms. The van der Waals surface area contributed by atoms with Gasteiger partial charge in [0.2, 0.25) is 5.91 Å². The summed E-state index contributed by atoms with van der Waals surface area (Å²) in [4.78, 5) is 24.3. The fourth-order valence-corrected chi connectivity index (χ4v) is 3.59. The maximum absolute atomic E-state index is 12.2. The average Bonchev–Trinajstić information content (AvgIpc) is 2.90. The Kier molecular flexibility index (Phi) is 4.87. The molecule has 0 saturated heterocycles. The summed E-state index contributed by atoms with van der Waals surface area (Å²) >= 11 is 7.40. The lowest BCUT2D eigenvalue weighted by atomic mass is 10.3. The highest BCUT2D eigenvalue weighted by molar-refractivity contribution is 7.13. The fraction of sp³-hybridized carbons (Fsp3) is 0.176. The Balaban J connectivity index is 1.66. The van der Waals surface area contributed by atoms with Crippen LogP contribution in [-0.4, -0.2) is 17.0 Å². The number of hydrogen-bond donors (Lipinski definition) is 1. The van der Waals surface area contributed by atoms with Crippen LogP contribution in [0.5, 0.6) is 5.75 Å². The lowest BCUT2D eigenvalue weighted by Gasteiger charge is -2.08. The van der Waals surface area contributed by atoms with Gasteiger partial charge in [0.1, 0.15) is 5.75 Å². The van der Waals surface area contributed by atoms with Crippen LogP contribution in [0, 0.1) is 0 Å². The number of anilines is 1. The molecule has 0 saturated carbocycles. The van der Waals surface area contributed by atoms with Gasteiger partial charge in [-0.05, 0) is 30.3 Å². The van der Waals surface area contributed by atoms with Crippen molar-refractivity contribution in [2.45, 2.75) is 13.0 Å². The molecule has 24 heavy (non-hydrogen) atoms. The summed E-state index contributed by atoms with van der Waals surface area (Å²) < 4.78 is 7.59. The molecule has 0 aliphatic carbocycles. The monoisotopic (exact) mass is 362 g/mol. The zero-order valence-electron chi connectivity index (χ0n) is 12.9. The van der Waals surface area contributed by atoms with E-state index in [9.17, 15) is 9.59 Å². The van der Waals surface area contributed by atoms with E-state index in [2.05, 4.69) is 5.32 Å². The highest BCUT2D eigenvalue weighted by atomic mass is 35.5. The summed E-state index contributed by atoms with van der Waals surface area (Å²) in [5.41, 5.74) is 0.533. The number of rotatable bonds is 5. The molecule has 1 heterocycles. The highest BCUT2D eigenvalue weighted by Crippen LogP contribution is 2.27. The van der Waals surface area contributed by atoms with Crippen molar-refractivity contribution < 1.29 is 9.53 Å². The lowest BCUT2D eigenvalue weighted by molar-refractivity contribution is -0.116. The molecule has 0 aliphatic rings. The average molecular weight is 363 g/mol. The molecule has 1 aromatic heterocycles. The van der Waals surface area contributed by atoms with E-state index in [1.54, 1.807) is 28.2 Å². The van der Waals surface area contributed by atoms with E-state index >= 15 is 0 Å². The number of fused-ring (bicyclic) bond motifs is 1. The van der Waals surface area contributed by atoms with Crippen LogP contribution in [0.3, 0.4) is 0 Å². The number of carbonyl (C=O) groups is 1. The van der Waals surface area contributed by atoms with Crippen LogP contribution in [0.2, 0.25) is 5.02 Å². The number of amides is 1. The number of nitrogens with zero attached hydrogens (tertiary/aromatic N) is 1. The van der Waals surface area contributed by atoms with Crippen molar-refractivity contribution in [2.75, 3.05) is 12.4 Å². The van der Waals surface area contributed by atoms with Gasteiger partial charge in [-0.3, -0.25) is 13.5 Å². The summed E-state index contributed by atoms with van der Waals surface area (Å²) in [7, 11) is 1.53. The van der Waals surface area contributed by atoms with Gasteiger partial charge in [-0.1, -0.05) is 35.3 Å². The number of halogens is 1. The van der Waals surface area contributed by atoms with Crippen LogP contribution in [-0.2, 0) is 11.3 Å². The predicted octanol–water partition coefficient (Wildman–Crippen LogP) is 3.75. The van der Waals surface area contributed by atoms with Crippen molar-refractivity contribution in [1.29, 1.82) is 0 Å². The summed E-state index contributed by atoms with van der Waals surface area (Å²) in [6.45, 7) is 0.341. The van der Waals surface area contributed by atoms with Crippen LogP contribution in [0.4, 0.5) is 5.69 Å². The Hall–Kier alpha value is -2.31. The van der Waals surface area contributed by atoms with Crippen molar-refractivity contribution in [2.24, 2.45) is 0 Å². The number of aromatic nitrogens is 1. The second-order valence-electron chi connectivity index (χ2n) is 5.14. The van der Waals surface area contributed by atoms with E-state index < -0.39 is 0 Å². The predicted molar refractivity (Wildman–Crippen MR) is 97.3 cm³/mol. The van der Waals surface area contributed by atoms with Crippen molar-refractivity contribution in [3.8, 4) is 5.75 Å². The maximum atomic E-state index is 12.2. The quantitative estimate of drug-likeness (QED) is 0.751. The van der Waals surface area contributed by atoms with Crippen LogP contribution in [0.1, 0.15) is 6.42 Å². The van der Waals surface area contributed by atoms with Gasteiger partial charge in [0.15, 0.2) is 0 Å². The van der Waals surface area contributed by atoms with Gasteiger partial charge in [0, 0.05) is 18.7 Å². The number of aryl methyl sites for hydroxylation is 1. The molecular weight excluding hydrogens is 348 g/mol. The third-order valence-corrected chi connectivity index (χ3v) is 4.95. The van der Waals surface area contributed by atoms with Gasteiger partial charge in [-0.25, -0.2) is 0 Å². The smallest absolute Gasteiger partial charge is 0.268 e. The molecule has 1 amide bonds. The Labute approximate surface area is 147 Å². The molecule has 0 radical (unpaired) electrons. The SMILES string of the molecule is COc1ccc(NC(=O)CCn2sc3ccccc3c2=O)cc1Cl. The van der Waals surface area contributed by atoms with E-state index in [1.807, 2.05) is 18.2 Å². The van der Waals surface area contributed by atoms with E-state index in [0.29, 0.717) is 28.4 Å². The molecule has 3 aromatic rings. The van der Waals surface area contributed by atoms with E-state index in [0.717, 1.165) is 4.70 Å². The Morgan fingerprint density at radius 2 is 2.08 bits per heavy atom. The highest BCUT2D eigenvalue weighted by Gasteiger charge is 2.10. The molecule has 0 aliphatic heterocycles. The summed E-state index contributed by atoms with van der Waals surface area (Å²) in [6, 6.07) is 12.5. The van der Waals surface area contributed by atoms with E-state index in [1.165, 1.54) is 18.6 Å². The fourth-order valence-electron chi connectivity index (χ4n) is 2.34. The van der Waals surface area contributed by atoms with E-state index in [4.69, 9.17) is 16.3 Å². The third-order valence-electron chi connectivity index (χ3n) is 3.53. The minimum Gasteiger partial charge on any atom is -0.495 e. The van der Waals surface area contributed by atoms with Gasteiger partial charge in [0.25, 0.3) is 5.56 Å². The zero-order valence-corrected chi connectivity index (χ0v) is 14.5. The number of methoxy groups -OCH3 is 1. The molecule has 0 bridgehead atoms. The molecule has 2 aromatic carbocycles. The first kappa shape index (κ1) is 16.5. The summed E-state index contributed by atoms with van der Waals surface area (Å²) in [5, 5.41) is 3.88. The summed E-state index contributed by atoms with van der Waals surface area (Å²) in [6.07, 6.45) is 0.205. The number of ether oxygens (including phenoxy) is 1. The largest absolute Gasteiger partial charge is 0.495 e. The molecule has 0 fully saturated rings. The van der Waals surface area contributed by atoms with Crippen molar-refractivity contribution in [3.05, 3.63) is 57.8 Å². The first-order chi connectivity index (χ1) is 11.6. The molecule has 3 rings (SSSR count). The van der Waals surface area contributed by atoms with Crippen molar-refractivity contribution >= 4 is 44.8 Å². The molecule has 5 nitrogen and oxygen atoms in total. The van der Waals surface area contributed by atoms with Gasteiger partial charge in [0.05, 0.1) is 22.2 Å². The second-order valence-corrected chi connectivity index (χ2v) is 6.61. The molecule has 1 N–H and O–H groups in total. The topological polar surface area (TPSA) is 60.3 Å². The van der Waals surface area contributed by atoms with E-state index in [-0.39, 0.29) is 17.9 Å². The van der Waals surface area contributed by atoms with Gasteiger partial charge in [-0.2, -0.15) is 0 Å². The first-order valence-corrected chi connectivity index (χ1v) is 8.46. The normalized spacial score (nSPS) is 10.8. The van der Waals surface area contributed by atoms with Gasteiger partial charge in [-0.15, -0.1) is 0 Å². The molecular formula is C17H15ClN2O3S. The first-order valence-electron chi connectivity index (χ1n) is 7.31. The molecule has 0 unspecified atom stereocenters. The maximum Gasteiger partial charge on any atom is 0.268 e.